The number of hydrogen-bond donors (Lipinski definition) is 5. The highest BCUT2D eigenvalue weighted by Gasteiger charge is 2.30. The van der Waals surface area contributed by atoms with Gasteiger partial charge < -0.3 is 31.7 Å². The molecule has 1 aromatic rings. The van der Waals surface area contributed by atoms with Crippen LogP contribution in [0.4, 0.5) is 15.3 Å². The lowest BCUT2D eigenvalue weighted by atomic mass is 10.0. The summed E-state index contributed by atoms with van der Waals surface area (Å²) in [6.07, 6.45) is -0.0932. The van der Waals surface area contributed by atoms with E-state index in [1.54, 1.807) is 58.9 Å². The van der Waals surface area contributed by atoms with Crippen LogP contribution in [0.5, 0.6) is 0 Å². The number of amides is 5. The highest BCUT2D eigenvalue weighted by molar-refractivity contribution is 5.98. The molecular formula is C23H36N5O5. The number of hydrogen-bond acceptors (Lipinski definition) is 5. The van der Waals surface area contributed by atoms with E-state index in [0.717, 1.165) is 5.56 Å². The molecular weight excluding hydrogens is 426 g/mol. The zero-order chi connectivity index (χ0) is 25.2. The van der Waals surface area contributed by atoms with E-state index in [2.05, 4.69) is 28.2 Å². The Kier molecular flexibility index (Phi) is 10.6. The van der Waals surface area contributed by atoms with E-state index in [0.29, 0.717) is 12.1 Å². The van der Waals surface area contributed by atoms with Crippen LogP contribution in [0.3, 0.4) is 0 Å². The van der Waals surface area contributed by atoms with Crippen molar-refractivity contribution in [3.8, 4) is 0 Å². The third kappa shape index (κ3) is 11.2. The molecule has 33 heavy (non-hydrogen) atoms. The van der Waals surface area contributed by atoms with Gasteiger partial charge >= 0.3 is 12.1 Å². The summed E-state index contributed by atoms with van der Waals surface area (Å²) in [7, 11) is 0. The van der Waals surface area contributed by atoms with Crippen LogP contribution in [-0.2, 0) is 14.3 Å². The third-order valence-electron chi connectivity index (χ3n) is 4.44. The van der Waals surface area contributed by atoms with Gasteiger partial charge in [0.1, 0.15) is 17.7 Å². The lowest BCUT2D eigenvalue weighted by Gasteiger charge is -2.27. The second-order valence-corrected chi connectivity index (χ2v) is 9.05. The first kappa shape index (κ1) is 27.7. The molecule has 10 nitrogen and oxygen atoms in total. The van der Waals surface area contributed by atoms with Crippen LogP contribution in [0.2, 0.25) is 0 Å². The highest BCUT2D eigenvalue weighted by atomic mass is 16.6. The maximum absolute atomic E-state index is 13.0. The Morgan fingerprint density at radius 2 is 1.64 bits per heavy atom. The van der Waals surface area contributed by atoms with E-state index in [-0.39, 0.29) is 18.9 Å². The molecule has 0 aliphatic carbocycles. The van der Waals surface area contributed by atoms with Crippen LogP contribution in [0.25, 0.3) is 0 Å². The van der Waals surface area contributed by atoms with Gasteiger partial charge in [0.2, 0.25) is 11.8 Å². The number of carbonyl (C=O) groups excluding carboxylic acids is 4. The Labute approximate surface area is 195 Å². The van der Waals surface area contributed by atoms with E-state index in [9.17, 15) is 19.2 Å². The molecule has 10 heteroatoms. The second-order valence-electron chi connectivity index (χ2n) is 9.05. The molecule has 0 bridgehead atoms. The van der Waals surface area contributed by atoms with Crippen molar-refractivity contribution >= 4 is 29.6 Å². The molecule has 0 spiro atoms. The number of alkyl carbamates (subject to hydrolysis) is 1. The summed E-state index contributed by atoms with van der Waals surface area (Å²) in [5.74, 6) is -1.21. The van der Waals surface area contributed by atoms with E-state index >= 15 is 0 Å². The van der Waals surface area contributed by atoms with Crippen molar-refractivity contribution in [1.29, 1.82) is 0 Å². The molecule has 0 aliphatic heterocycles. The number of carbonyl (C=O) groups is 4. The predicted molar refractivity (Wildman–Crippen MR) is 126 cm³/mol. The Morgan fingerprint density at radius 3 is 2.15 bits per heavy atom. The highest BCUT2D eigenvalue weighted by Crippen LogP contribution is 2.12. The van der Waals surface area contributed by atoms with Crippen LogP contribution >= 0.6 is 0 Å². The van der Waals surface area contributed by atoms with Gasteiger partial charge in [0.05, 0.1) is 0 Å². The van der Waals surface area contributed by atoms with Gasteiger partial charge in [0.25, 0.3) is 0 Å². The number of nitrogens with two attached hydrogens (primary N) is 1. The van der Waals surface area contributed by atoms with E-state index < -0.39 is 41.6 Å². The number of anilines is 1. The maximum atomic E-state index is 13.0. The van der Waals surface area contributed by atoms with Gasteiger partial charge in [-0.25, -0.2) is 9.59 Å². The Morgan fingerprint density at radius 1 is 1.03 bits per heavy atom. The average molecular weight is 463 g/mol. The van der Waals surface area contributed by atoms with Gasteiger partial charge in [-0.3, -0.25) is 9.59 Å². The fourth-order valence-corrected chi connectivity index (χ4v) is 2.84. The lowest BCUT2D eigenvalue weighted by Crippen LogP contribution is -2.55. The molecule has 183 valence electrons. The van der Waals surface area contributed by atoms with Gasteiger partial charge in [0.15, 0.2) is 0 Å². The zero-order valence-corrected chi connectivity index (χ0v) is 20.0. The molecule has 0 saturated carbocycles. The average Bonchev–Trinajstić information content (AvgIpc) is 2.68. The number of nitrogens with one attached hydrogen (secondary N) is 4. The topological polar surface area (TPSA) is 152 Å². The normalized spacial score (nSPS) is 12.9. The summed E-state index contributed by atoms with van der Waals surface area (Å²) < 4.78 is 5.24. The summed E-state index contributed by atoms with van der Waals surface area (Å²) in [4.78, 5) is 49.0. The van der Waals surface area contributed by atoms with Crippen molar-refractivity contribution in [3.05, 3.63) is 36.8 Å². The Bertz CT molecular complexity index is 818. The third-order valence-corrected chi connectivity index (χ3v) is 4.44. The monoisotopic (exact) mass is 462 g/mol. The van der Waals surface area contributed by atoms with Crippen molar-refractivity contribution < 1.29 is 23.9 Å². The molecule has 6 N–H and O–H groups in total. The summed E-state index contributed by atoms with van der Waals surface area (Å²) >= 11 is 0. The summed E-state index contributed by atoms with van der Waals surface area (Å²) in [6.45, 7) is 12.8. The minimum Gasteiger partial charge on any atom is -0.444 e. The minimum atomic E-state index is -0.913. The molecule has 0 fully saturated rings. The van der Waals surface area contributed by atoms with Gasteiger partial charge in [-0.1, -0.05) is 26.0 Å². The van der Waals surface area contributed by atoms with Gasteiger partial charge in [-0.2, -0.15) is 0 Å². The molecule has 0 aliphatic rings. The predicted octanol–water partition coefficient (Wildman–Crippen LogP) is 2.29. The first-order valence-electron chi connectivity index (χ1n) is 10.8. The van der Waals surface area contributed by atoms with Crippen molar-refractivity contribution in [2.75, 3.05) is 11.9 Å². The first-order chi connectivity index (χ1) is 15.3. The molecule has 5 amide bonds. The molecule has 1 aromatic carbocycles. The molecule has 0 saturated heterocycles. The van der Waals surface area contributed by atoms with Crippen molar-refractivity contribution in [1.82, 2.24) is 16.0 Å². The van der Waals surface area contributed by atoms with Gasteiger partial charge in [-0.05, 0) is 64.2 Å². The van der Waals surface area contributed by atoms with Gasteiger partial charge in [0, 0.05) is 12.2 Å². The molecule has 1 radical (unpaired) electrons. The largest absolute Gasteiger partial charge is 0.444 e. The summed E-state index contributed by atoms with van der Waals surface area (Å²) in [6, 6.07) is 4.41. The van der Waals surface area contributed by atoms with Crippen molar-refractivity contribution in [2.24, 2.45) is 11.7 Å². The summed E-state index contributed by atoms with van der Waals surface area (Å²) in [5, 5.41) is 10.5. The Balaban J connectivity index is 2.91. The van der Waals surface area contributed by atoms with Gasteiger partial charge in [-0.15, -0.1) is 0 Å². The van der Waals surface area contributed by atoms with Crippen LogP contribution in [-0.4, -0.2) is 48.2 Å². The molecule has 0 aromatic heterocycles. The number of primary amides is 1. The van der Waals surface area contributed by atoms with Crippen LogP contribution < -0.4 is 27.0 Å². The molecule has 0 unspecified atom stereocenters. The standard InChI is InChI=1S/C23H36N5O5/c1-14(2)18(28-22(32)33-23(4,5)6)20(30)27-17(8-7-13-25-21(24)31)19(29)26-16-11-9-15(3)10-12-16/h9-12,14,17-18H,3,7-8,13H2,1-2,4-6H3,(H,26,29)(H,27,30)(H,28,32)(H3,24,25,31)/t17-,18-/m0/s1. The van der Waals surface area contributed by atoms with Crippen LogP contribution in [0, 0.1) is 12.8 Å². The molecule has 0 heterocycles. The minimum absolute atomic E-state index is 0.239. The number of urea groups is 1. The number of ether oxygens (including phenoxy) is 1. The van der Waals surface area contributed by atoms with Crippen LogP contribution in [0.15, 0.2) is 24.3 Å². The van der Waals surface area contributed by atoms with Crippen molar-refractivity contribution in [2.45, 2.75) is 65.1 Å². The lowest BCUT2D eigenvalue weighted by molar-refractivity contribution is -0.128. The SMILES string of the molecule is [CH2]c1ccc(NC(=O)[C@H](CCCNC(N)=O)NC(=O)[C@@H](NC(=O)OC(C)(C)C)C(C)C)cc1. The number of rotatable bonds is 10. The summed E-state index contributed by atoms with van der Waals surface area (Å²) in [5.41, 5.74) is 5.70. The second kappa shape index (κ2) is 12.7. The zero-order valence-electron chi connectivity index (χ0n) is 20.0. The molecule has 2 atom stereocenters. The fourth-order valence-electron chi connectivity index (χ4n) is 2.84. The molecule has 1 rings (SSSR count). The van der Waals surface area contributed by atoms with E-state index in [4.69, 9.17) is 10.5 Å². The van der Waals surface area contributed by atoms with E-state index in [1.807, 2.05) is 0 Å². The van der Waals surface area contributed by atoms with Crippen molar-refractivity contribution in [3.63, 3.8) is 0 Å². The number of benzene rings is 1. The Hall–Kier alpha value is -3.30. The smallest absolute Gasteiger partial charge is 0.408 e. The maximum Gasteiger partial charge on any atom is 0.408 e. The quantitative estimate of drug-likeness (QED) is 0.338. The van der Waals surface area contributed by atoms with E-state index in [1.165, 1.54) is 0 Å². The first-order valence-corrected chi connectivity index (χ1v) is 10.8. The fraction of sp³-hybridized carbons (Fsp3) is 0.522. The van der Waals surface area contributed by atoms with Crippen LogP contribution in [0.1, 0.15) is 53.0 Å².